The lowest BCUT2D eigenvalue weighted by Gasteiger charge is -2.12. The second-order valence-electron chi connectivity index (χ2n) is 6.27. The Morgan fingerprint density at radius 2 is 2.12 bits per heavy atom. The summed E-state index contributed by atoms with van der Waals surface area (Å²) in [5.74, 6) is 0.555. The summed E-state index contributed by atoms with van der Waals surface area (Å²) in [6.07, 6.45) is 1.87. The number of rotatable bonds is 6. The fraction of sp³-hybridized carbons (Fsp3) is 0.333. The third kappa shape index (κ3) is 4.58. The number of fused-ring (bicyclic) bond motifs is 1. The Balaban J connectivity index is 1.56. The number of anilines is 1. The lowest BCUT2D eigenvalue weighted by molar-refractivity contribution is 0.249. The van der Waals surface area contributed by atoms with E-state index in [0.29, 0.717) is 5.82 Å². The van der Waals surface area contributed by atoms with Gasteiger partial charge in [-0.3, -0.25) is 10.00 Å². The van der Waals surface area contributed by atoms with Crippen LogP contribution < -0.4 is 10.6 Å². The van der Waals surface area contributed by atoms with Crippen LogP contribution in [0.4, 0.5) is 10.6 Å². The topological polar surface area (TPSA) is 62.2 Å². The second kappa shape index (κ2) is 7.67. The van der Waals surface area contributed by atoms with Crippen molar-refractivity contribution < 1.29 is 4.79 Å². The summed E-state index contributed by atoms with van der Waals surface area (Å²) < 4.78 is 3.05. The van der Waals surface area contributed by atoms with E-state index >= 15 is 0 Å². The van der Waals surface area contributed by atoms with Crippen molar-refractivity contribution in [3.8, 4) is 0 Å². The number of thiophene rings is 1. The molecule has 1 atom stereocenters. The molecule has 2 aromatic heterocycles. The molecule has 1 aromatic carbocycles. The summed E-state index contributed by atoms with van der Waals surface area (Å²) >= 11 is 1.70. The van der Waals surface area contributed by atoms with E-state index in [0.717, 1.165) is 18.0 Å². The molecule has 3 rings (SSSR count). The van der Waals surface area contributed by atoms with E-state index in [-0.39, 0.29) is 12.1 Å². The van der Waals surface area contributed by atoms with E-state index in [2.05, 4.69) is 38.8 Å². The monoisotopic (exact) mass is 357 g/mol. The van der Waals surface area contributed by atoms with E-state index in [1.165, 1.54) is 10.1 Å². The van der Waals surface area contributed by atoms with Crippen molar-refractivity contribution in [1.82, 2.24) is 20.0 Å². The van der Waals surface area contributed by atoms with Crippen molar-refractivity contribution >= 4 is 33.3 Å². The summed E-state index contributed by atoms with van der Waals surface area (Å²) in [6, 6.07) is 11.9. The van der Waals surface area contributed by atoms with Crippen LogP contribution in [0.5, 0.6) is 0 Å². The summed E-state index contributed by atoms with van der Waals surface area (Å²) in [6.45, 7) is 3.67. The number of nitrogens with one attached hydrogen (secondary N) is 2. The van der Waals surface area contributed by atoms with Crippen LogP contribution in [0.15, 0.2) is 42.6 Å². The van der Waals surface area contributed by atoms with Gasteiger partial charge in [0.05, 0.1) is 12.6 Å². The first kappa shape index (κ1) is 17.4. The maximum Gasteiger partial charge on any atom is 0.320 e. The van der Waals surface area contributed by atoms with Gasteiger partial charge in [-0.15, -0.1) is 11.3 Å². The third-order valence-electron chi connectivity index (χ3n) is 3.88. The van der Waals surface area contributed by atoms with Gasteiger partial charge in [-0.1, -0.05) is 18.2 Å². The zero-order chi connectivity index (χ0) is 17.8. The molecular formula is C18H23N5OS. The number of carbonyl (C=O) groups is 1. The number of likely N-dealkylation sites (N-methyl/N-ethyl adjacent to an activating group) is 1. The molecule has 2 N–H and O–H groups in total. The highest BCUT2D eigenvalue weighted by Gasteiger charge is 2.13. The summed E-state index contributed by atoms with van der Waals surface area (Å²) in [5, 5.41) is 11.3. The highest BCUT2D eigenvalue weighted by Crippen LogP contribution is 2.29. The average molecular weight is 357 g/mol. The van der Waals surface area contributed by atoms with Crippen LogP contribution in [0.2, 0.25) is 0 Å². The summed E-state index contributed by atoms with van der Waals surface area (Å²) in [4.78, 5) is 15.4. The van der Waals surface area contributed by atoms with Crippen molar-refractivity contribution in [2.24, 2.45) is 0 Å². The minimum Gasteiger partial charge on any atom is -0.330 e. The van der Waals surface area contributed by atoms with E-state index in [1.54, 1.807) is 17.4 Å². The predicted molar refractivity (Wildman–Crippen MR) is 103 cm³/mol. The molecule has 1 unspecified atom stereocenters. The lowest BCUT2D eigenvalue weighted by Crippen LogP contribution is -2.31. The first-order valence-electron chi connectivity index (χ1n) is 8.25. The molecule has 0 aliphatic heterocycles. The SMILES string of the molecule is CC(NC(=O)Nc1ccn(CCN(C)C)n1)c1cc2ccccc2s1. The van der Waals surface area contributed by atoms with Gasteiger partial charge in [-0.2, -0.15) is 5.10 Å². The summed E-state index contributed by atoms with van der Waals surface area (Å²) in [7, 11) is 4.04. The van der Waals surface area contributed by atoms with E-state index in [9.17, 15) is 4.79 Å². The maximum atomic E-state index is 12.2. The standard InChI is InChI=1S/C18H23N5OS/c1-13(16-12-14-6-4-5-7-15(14)25-16)19-18(24)20-17-8-9-23(21-17)11-10-22(2)3/h4-9,12-13H,10-11H2,1-3H3,(H2,19,20,21,24). The number of nitrogens with zero attached hydrogens (tertiary/aromatic N) is 3. The normalized spacial score (nSPS) is 12.5. The van der Waals surface area contributed by atoms with Crippen LogP contribution >= 0.6 is 11.3 Å². The molecular weight excluding hydrogens is 334 g/mol. The minimum absolute atomic E-state index is 0.0618. The zero-order valence-corrected chi connectivity index (χ0v) is 15.5. The van der Waals surface area contributed by atoms with Gasteiger partial charge < -0.3 is 10.2 Å². The first-order chi connectivity index (χ1) is 12.0. The summed E-state index contributed by atoms with van der Waals surface area (Å²) in [5.41, 5.74) is 0. The Morgan fingerprint density at radius 1 is 1.32 bits per heavy atom. The molecule has 7 heteroatoms. The molecule has 2 heterocycles. The number of amides is 2. The van der Waals surface area contributed by atoms with Gasteiger partial charge in [-0.25, -0.2) is 4.79 Å². The molecule has 0 spiro atoms. The van der Waals surface area contributed by atoms with Crippen LogP contribution in [0, 0.1) is 0 Å². The molecule has 0 radical (unpaired) electrons. The van der Waals surface area contributed by atoms with Gasteiger partial charge in [0, 0.05) is 28.4 Å². The maximum absolute atomic E-state index is 12.2. The fourth-order valence-corrected chi connectivity index (χ4v) is 3.56. The third-order valence-corrected chi connectivity index (χ3v) is 5.18. The molecule has 6 nitrogen and oxygen atoms in total. The quantitative estimate of drug-likeness (QED) is 0.709. The Hall–Kier alpha value is -2.38. The highest BCUT2D eigenvalue weighted by molar-refractivity contribution is 7.19. The Labute approximate surface area is 151 Å². The Bertz CT molecular complexity index is 821. The van der Waals surface area contributed by atoms with Crippen molar-refractivity contribution in [2.75, 3.05) is 26.0 Å². The van der Waals surface area contributed by atoms with Crippen molar-refractivity contribution in [1.29, 1.82) is 0 Å². The van der Waals surface area contributed by atoms with Gasteiger partial charge >= 0.3 is 6.03 Å². The van der Waals surface area contributed by atoms with Gasteiger partial charge in [0.15, 0.2) is 5.82 Å². The number of carbonyl (C=O) groups excluding carboxylic acids is 1. The molecule has 2 amide bonds. The van der Waals surface area contributed by atoms with Crippen LogP contribution in [0.3, 0.4) is 0 Å². The molecule has 0 aliphatic carbocycles. The first-order valence-corrected chi connectivity index (χ1v) is 9.07. The largest absolute Gasteiger partial charge is 0.330 e. The number of hydrogen-bond acceptors (Lipinski definition) is 4. The van der Waals surface area contributed by atoms with Crippen LogP contribution in [-0.2, 0) is 6.54 Å². The predicted octanol–water partition coefficient (Wildman–Crippen LogP) is 3.54. The number of urea groups is 1. The van der Waals surface area contributed by atoms with Gasteiger partial charge in [0.2, 0.25) is 0 Å². The van der Waals surface area contributed by atoms with Crippen molar-refractivity contribution in [2.45, 2.75) is 19.5 Å². The lowest BCUT2D eigenvalue weighted by atomic mass is 10.2. The van der Waals surface area contributed by atoms with E-state index in [1.807, 2.05) is 44.0 Å². The molecule has 0 saturated carbocycles. The highest BCUT2D eigenvalue weighted by atomic mass is 32.1. The van der Waals surface area contributed by atoms with Crippen molar-refractivity contribution in [3.05, 3.63) is 47.5 Å². The number of aromatic nitrogens is 2. The Kier molecular flexibility index (Phi) is 5.35. The van der Waals surface area contributed by atoms with E-state index < -0.39 is 0 Å². The van der Waals surface area contributed by atoms with Gasteiger partial charge in [-0.05, 0) is 38.5 Å². The van der Waals surface area contributed by atoms with Crippen LogP contribution in [0.25, 0.3) is 10.1 Å². The van der Waals surface area contributed by atoms with Gasteiger partial charge in [0.1, 0.15) is 0 Å². The molecule has 0 fully saturated rings. The molecule has 25 heavy (non-hydrogen) atoms. The smallest absolute Gasteiger partial charge is 0.320 e. The van der Waals surface area contributed by atoms with E-state index in [4.69, 9.17) is 0 Å². The molecule has 3 aromatic rings. The van der Waals surface area contributed by atoms with Crippen LogP contribution in [0.1, 0.15) is 17.8 Å². The van der Waals surface area contributed by atoms with Crippen molar-refractivity contribution in [3.63, 3.8) is 0 Å². The minimum atomic E-state index is -0.247. The molecule has 0 aliphatic rings. The second-order valence-corrected chi connectivity index (χ2v) is 7.39. The Morgan fingerprint density at radius 3 is 2.88 bits per heavy atom. The molecule has 0 bridgehead atoms. The number of benzene rings is 1. The average Bonchev–Trinajstić information content (AvgIpc) is 3.19. The molecule has 132 valence electrons. The fourth-order valence-electron chi connectivity index (χ4n) is 2.49. The van der Waals surface area contributed by atoms with Gasteiger partial charge in [0.25, 0.3) is 0 Å². The van der Waals surface area contributed by atoms with Crippen LogP contribution in [-0.4, -0.2) is 41.4 Å². The molecule has 0 saturated heterocycles. The zero-order valence-electron chi connectivity index (χ0n) is 14.7. The number of hydrogen-bond donors (Lipinski definition) is 2.